The Kier molecular flexibility index (Phi) is 9.62. The van der Waals surface area contributed by atoms with Gasteiger partial charge >= 0.3 is 0 Å². The van der Waals surface area contributed by atoms with Gasteiger partial charge in [0.15, 0.2) is 16.6 Å². The standard InChI is InChI=1S/C36H48N4O3S/c1-36(2,3)28-7-8-30-27(19-28)20-31-34(38-30)44-35(39-31)33(43)21-25(10-14-40-15-11-29(41)12-16-40)24-5-4-6-26(18-24)32(42)17-23-9-13-37-22-23/h4-6,18,20,23,25,28-29,37,41H,7-17,19,21-22H2,1-3H3/t23-,25-,28-/m0/s1. The van der Waals surface area contributed by atoms with Crippen LogP contribution >= 0.6 is 11.3 Å². The number of piperidine rings is 1. The van der Waals surface area contributed by atoms with Crippen molar-refractivity contribution in [2.24, 2.45) is 17.3 Å². The molecule has 1 aromatic carbocycles. The molecule has 6 rings (SSSR count). The number of aromatic nitrogens is 2. The summed E-state index contributed by atoms with van der Waals surface area (Å²) in [5, 5.41) is 13.9. The minimum absolute atomic E-state index is 0.0176. The van der Waals surface area contributed by atoms with Crippen LogP contribution in [0.15, 0.2) is 30.3 Å². The van der Waals surface area contributed by atoms with E-state index in [1.165, 1.54) is 22.6 Å². The molecule has 0 radical (unpaired) electrons. The molecule has 4 heterocycles. The van der Waals surface area contributed by atoms with Crippen molar-refractivity contribution in [2.75, 3.05) is 32.7 Å². The molecular formula is C36H48N4O3S. The summed E-state index contributed by atoms with van der Waals surface area (Å²) < 4.78 is 0. The van der Waals surface area contributed by atoms with E-state index in [0.717, 1.165) is 99.1 Å². The first-order valence-electron chi connectivity index (χ1n) is 16.7. The van der Waals surface area contributed by atoms with E-state index >= 15 is 0 Å². The van der Waals surface area contributed by atoms with Crippen LogP contribution in [0.3, 0.4) is 0 Å². The van der Waals surface area contributed by atoms with E-state index in [4.69, 9.17) is 9.97 Å². The lowest BCUT2D eigenvalue weighted by Crippen LogP contribution is -2.36. The topological polar surface area (TPSA) is 95.4 Å². The molecule has 7 nitrogen and oxygen atoms in total. The number of Topliss-reactive ketones (excluding diaryl/α,β-unsaturated/α-hetero) is 2. The Labute approximate surface area is 265 Å². The largest absolute Gasteiger partial charge is 0.393 e. The van der Waals surface area contributed by atoms with E-state index in [1.54, 1.807) is 0 Å². The van der Waals surface area contributed by atoms with Gasteiger partial charge in [-0.15, -0.1) is 0 Å². The van der Waals surface area contributed by atoms with Crippen LogP contribution in [0.25, 0.3) is 10.3 Å². The van der Waals surface area contributed by atoms with Gasteiger partial charge in [-0.1, -0.05) is 50.3 Å². The van der Waals surface area contributed by atoms with Crippen LogP contribution in [-0.4, -0.2) is 70.4 Å². The first-order valence-corrected chi connectivity index (χ1v) is 17.5. The Balaban J connectivity index is 1.21. The zero-order chi connectivity index (χ0) is 30.8. The summed E-state index contributed by atoms with van der Waals surface area (Å²) in [7, 11) is 0. The second-order valence-electron chi connectivity index (χ2n) is 14.5. The first-order chi connectivity index (χ1) is 21.1. The van der Waals surface area contributed by atoms with Crippen molar-refractivity contribution in [3.05, 3.63) is 57.7 Å². The number of nitrogens with zero attached hydrogens (tertiary/aromatic N) is 3. The molecule has 2 fully saturated rings. The number of fused-ring (bicyclic) bond motifs is 2. The highest BCUT2D eigenvalue weighted by atomic mass is 32.1. The van der Waals surface area contributed by atoms with E-state index in [2.05, 4.69) is 43.1 Å². The van der Waals surface area contributed by atoms with Gasteiger partial charge in [-0.25, -0.2) is 9.97 Å². The summed E-state index contributed by atoms with van der Waals surface area (Å²) in [6.45, 7) is 11.5. The third-order valence-electron chi connectivity index (χ3n) is 10.3. The Hall–Kier alpha value is -2.52. The Bertz CT molecular complexity index is 1480. The number of likely N-dealkylation sites (tertiary alicyclic amines) is 1. The van der Waals surface area contributed by atoms with E-state index in [9.17, 15) is 14.7 Å². The lowest BCUT2D eigenvalue weighted by Gasteiger charge is -2.34. The van der Waals surface area contributed by atoms with Crippen LogP contribution < -0.4 is 5.32 Å². The van der Waals surface area contributed by atoms with Crippen molar-refractivity contribution >= 4 is 33.3 Å². The van der Waals surface area contributed by atoms with Crippen molar-refractivity contribution in [3.8, 4) is 0 Å². The summed E-state index contributed by atoms with van der Waals surface area (Å²) in [5.41, 5.74) is 5.34. The summed E-state index contributed by atoms with van der Waals surface area (Å²) in [5.74, 6) is 1.24. The number of thiazole rings is 1. The Morgan fingerprint density at radius 1 is 1.09 bits per heavy atom. The highest BCUT2D eigenvalue weighted by Gasteiger charge is 2.30. The summed E-state index contributed by atoms with van der Waals surface area (Å²) in [6.07, 6.45) is 7.31. The van der Waals surface area contributed by atoms with Crippen molar-refractivity contribution in [1.82, 2.24) is 20.2 Å². The van der Waals surface area contributed by atoms with Gasteiger partial charge in [0.05, 0.1) is 6.10 Å². The summed E-state index contributed by atoms with van der Waals surface area (Å²) in [4.78, 5) is 40.1. The fourth-order valence-electron chi connectivity index (χ4n) is 7.28. The van der Waals surface area contributed by atoms with Gasteiger partial charge in [-0.3, -0.25) is 9.59 Å². The molecule has 236 valence electrons. The van der Waals surface area contributed by atoms with Gasteiger partial charge in [-0.2, -0.15) is 0 Å². The minimum Gasteiger partial charge on any atom is -0.393 e. The number of pyridine rings is 1. The first kappa shape index (κ1) is 31.5. The van der Waals surface area contributed by atoms with Crippen molar-refractivity contribution in [1.29, 1.82) is 0 Å². The van der Waals surface area contributed by atoms with E-state index in [1.807, 2.05) is 18.2 Å². The number of aliphatic hydroxyl groups is 1. The molecule has 0 unspecified atom stereocenters. The number of hydrogen-bond acceptors (Lipinski definition) is 8. The second kappa shape index (κ2) is 13.5. The average Bonchev–Trinajstić information content (AvgIpc) is 3.68. The number of carbonyl (C=O) groups excluding carboxylic acids is 2. The van der Waals surface area contributed by atoms with Gasteiger partial charge in [0.1, 0.15) is 10.3 Å². The molecule has 44 heavy (non-hydrogen) atoms. The average molecular weight is 617 g/mol. The summed E-state index contributed by atoms with van der Waals surface area (Å²) >= 11 is 1.42. The van der Waals surface area contributed by atoms with Gasteiger partial charge < -0.3 is 15.3 Å². The molecule has 2 aliphatic heterocycles. The van der Waals surface area contributed by atoms with Crippen molar-refractivity contribution in [3.63, 3.8) is 0 Å². The molecular weight excluding hydrogens is 568 g/mol. The molecule has 2 N–H and O–H groups in total. The molecule has 2 aromatic heterocycles. The number of ketones is 2. The maximum Gasteiger partial charge on any atom is 0.192 e. The maximum atomic E-state index is 13.8. The monoisotopic (exact) mass is 616 g/mol. The zero-order valence-corrected chi connectivity index (χ0v) is 27.4. The summed E-state index contributed by atoms with van der Waals surface area (Å²) in [6, 6.07) is 10.2. The molecule has 0 amide bonds. The van der Waals surface area contributed by atoms with Crippen LogP contribution in [0.1, 0.15) is 109 Å². The number of aliphatic hydroxyl groups excluding tert-OH is 1. The highest BCUT2D eigenvalue weighted by molar-refractivity contribution is 7.19. The second-order valence-corrected chi connectivity index (χ2v) is 15.5. The number of nitrogens with one attached hydrogen (secondary N) is 1. The molecule has 1 aliphatic carbocycles. The molecule has 0 saturated carbocycles. The van der Waals surface area contributed by atoms with E-state index < -0.39 is 0 Å². The number of carbonyl (C=O) groups is 2. The predicted molar refractivity (Wildman–Crippen MR) is 177 cm³/mol. The molecule has 3 aromatic rings. The smallest absolute Gasteiger partial charge is 0.192 e. The third-order valence-corrected chi connectivity index (χ3v) is 11.3. The van der Waals surface area contributed by atoms with Crippen molar-refractivity contribution in [2.45, 2.75) is 90.6 Å². The lowest BCUT2D eigenvalue weighted by molar-refractivity contribution is 0.0805. The van der Waals surface area contributed by atoms with Gasteiger partial charge in [-0.05, 0) is 111 Å². The predicted octanol–water partition coefficient (Wildman–Crippen LogP) is 6.23. The van der Waals surface area contributed by atoms with Crippen LogP contribution in [0.4, 0.5) is 0 Å². The van der Waals surface area contributed by atoms with Crippen LogP contribution in [0, 0.1) is 17.3 Å². The van der Waals surface area contributed by atoms with Crippen molar-refractivity contribution < 1.29 is 14.7 Å². The molecule has 2 saturated heterocycles. The fraction of sp³-hybridized carbons (Fsp3) is 0.611. The van der Waals surface area contributed by atoms with Gasteiger partial charge in [0.25, 0.3) is 0 Å². The van der Waals surface area contributed by atoms with Crippen LogP contribution in [0.2, 0.25) is 0 Å². The third kappa shape index (κ3) is 7.47. The molecule has 3 atom stereocenters. The van der Waals surface area contributed by atoms with Gasteiger partial charge in [0.2, 0.25) is 0 Å². The molecule has 3 aliphatic rings. The number of aryl methyl sites for hydroxylation is 1. The highest BCUT2D eigenvalue weighted by Crippen LogP contribution is 2.38. The van der Waals surface area contributed by atoms with Gasteiger partial charge in [0, 0.05) is 37.2 Å². The number of rotatable bonds is 10. The molecule has 0 spiro atoms. The fourth-order valence-corrected chi connectivity index (χ4v) is 8.17. The van der Waals surface area contributed by atoms with E-state index in [-0.39, 0.29) is 29.0 Å². The normalized spacial score (nSPS) is 22.3. The van der Waals surface area contributed by atoms with Crippen LogP contribution in [0.5, 0.6) is 0 Å². The van der Waals surface area contributed by atoms with Crippen LogP contribution in [-0.2, 0) is 12.8 Å². The molecule has 8 heteroatoms. The maximum absolute atomic E-state index is 13.8. The quantitative estimate of drug-likeness (QED) is 0.261. The lowest BCUT2D eigenvalue weighted by atomic mass is 9.71. The number of benzene rings is 1. The molecule has 0 bridgehead atoms. The zero-order valence-electron chi connectivity index (χ0n) is 26.6. The SMILES string of the molecule is CC(C)(C)[C@H]1CCc2nc3sc(C(=O)C[C@H](CCN4CCC(O)CC4)c4cccc(C(=O)C[C@@H]5CCNC5)c4)nc3cc2C1. The Morgan fingerprint density at radius 2 is 1.91 bits per heavy atom. The Morgan fingerprint density at radius 3 is 2.66 bits per heavy atom. The number of hydrogen-bond donors (Lipinski definition) is 2. The minimum atomic E-state index is -0.209. The van der Waals surface area contributed by atoms with E-state index in [0.29, 0.717) is 29.7 Å².